The van der Waals surface area contributed by atoms with E-state index in [9.17, 15) is 0 Å². The average Bonchev–Trinajstić information content (AvgIpc) is 3.17. The molecule has 8 nitrogen and oxygen atoms in total. The molecule has 0 spiro atoms. The van der Waals surface area contributed by atoms with E-state index in [2.05, 4.69) is 57.7 Å². The second-order valence-electron chi connectivity index (χ2n) is 7.78. The third-order valence-electron chi connectivity index (χ3n) is 5.37. The second kappa shape index (κ2) is 8.24. The number of ether oxygens (including phenoxy) is 1. The molecule has 0 radical (unpaired) electrons. The van der Waals surface area contributed by atoms with Crippen LogP contribution in [0.3, 0.4) is 0 Å². The number of aromatic nitrogens is 4. The zero-order chi connectivity index (χ0) is 20.4. The highest BCUT2D eigenvalue weighted by Gasteiger charge is 2.21. The third kappa shape index (κ3) is 4.12. The van der Waals surface area contributed by atoms with Crippen LogP contribution in [0.15, 0.2) is 30.6 Å². The number of likely N-dealkylation sites (N-methyl/N-ethyl adjacent to an activating group) is 1. The highest BCUT2D eigenvalue weighted by molar-refractivity contribution is 5.84. The van der Waals surface area contributed by atoms with Crippen molar-refractivity contribution in [3.05, 3.63) is 36.2 Å². The molecular formula is C21H29N7O. The number of fused-ring (bicyclic) bond motifs is 1. The third-order valence-corrected chi connectivity index (χ3v) is 5.37. The first-order valence-corrected chi connectivity index (χ1v) is 10.1. The van der Waals surface area contributed by atoms with Crippen LogP contribution >= 0.6 is 0 Å². The molecule has 1 N–H and O–H groups in total. The van der Waals surface area contributed by atoms with Gasteiger partial charge in [0, 0.05) is 38.8 Å². The first-order chi connectivity index (χ1) is 14.0. The number of nitrogens with one attached hydrogen (secondary N) is 1. The van der Waals surface area contributed by atoms with Crippen LogP contribution < -0.4 is 15.0 Å². The maximum atomic E-state index is 5.24. The van der Waals surface area contributed by atoms with E-state index in [0.29, 0.717) is 6.54 Å². The number of piperazine rings is 1. The molecule has 1 aliphatic rings. The average molecular weight is 396 g/mol. The fraction of sp³-hybridized carbons (Fsp3) is 0.476. The molecule has 0 aliphatic carbocycles. The van der Waals surface area contributed by atoms with Crippen LogP contribution in [0.5, 0.6) is 5.75 Å². The quantitative estimate of drug-likeness (QED) is 0.688. The van der Waals surface area contributed by atoms with E-state index < -0.39 is 0 Å². The molecule has 154 valence electrons. The lowest BCUT2D eigenvalue weighted by molar-refractivity contribution is 0.311. The van der Waals surface area contributed by atoms with Gasteiger partial charge in [-0.2, -0.15) is 9.97 Å². The Balaban J connectivity index is 1.65. The Bertz CT molecular complexity index is 959. The Morgan fingerprint density at radius 2 is 1.79 bits per heavy atom. The van der Waals surface area contributed by atoms with Gasteiger partial charge in [-0.25, -0.2) is 4.98 Å². The molecule has 3 heterocycles. The molecule has 2 aromatic heterocycles. The number of hydrogen-bond acceptors (Lipinski definition) is 7. The molecule has 8 heteroatoms. The van der Waals surface area contributed by atoms with Crippen LogP contribution in [0.2, 0.25) is 0 Å². The number of hydrogen-bond donors (Lipinski definition) is 1. The van der Waals surface area contributed by atoms with Crippen LogP contribution in [0.25, 0.3) is 11.2 Å². The summed E-state index contributed by atoms with van der Waals surface area (Å²) in [5.74, 6) is 2.40. The summed E-state index contributed by atoms with van der Waals surface area (Å²) in [4.78, 5) is 18.9. The lowest BCUT2D eigenvalue weighted by Gasteiger charge is -2.32. The Morgan fingerprint density at radius 3 is 2.45 bits per heavy atom. The number of nitrogens with zero attached hydrogens (tertiary/aromatic N) is 6. The highest BCUT2D eigenvalue weighted by Crippen LogP contribution is 2.26. The van der Waals surface area contributed by atoms with Crippen LogP contribution in [-0.4, -0.2) is 64.8 Å². The summed E-state index contributed by atoms with van der Waals surface area (Å²) in [6.45, 7) is 8.82. The van der Waals surface area contributed by atoms with Crippen LogP contribution in [0.1, 0.15) is 25.5 Å². The van der Waals surface area contributed by atoms with Crippen molar-refractivity contribution >= 4 is 22.9 Å². The maximum Gasteiger partial charge on any atom is 0.229 e. The largest absolute Gasteiger partial charge is 0.497 e. The van der Waals surface area contributed by atoms with E-state index in [1.54, 1.807) is 7.11 Å². The van der Waals surface area contributed by atoms with Crippen molar-refractivity contribution < 1.29 is 4.74 Å². The van der Waals surface area contributed by atoms with Crippen molar-refractivity contribution in [3.8, 4) is 5.75 Å². The summed E-state index contributed by atoms with van der Waals surface area (Å²) >= 11 is 0. The SMILES string of the molecule is COc1ccc(CNc2nc(N3CCN(C)CC3)nc3c2ncn3C(C)C)cc1. The predicted molar refractivity (Wildman–Crippen MR) is 116 cm³/mol. The van der Waals surface area contributed by atoms with Crippen molar-refractivity contribution in [3.63, 3.8) is 0 Å². The number of benzene rings is 1. The molecule has 0 bridgehead atoms. The highest BCUT2D eigenvalue weighted by atomic mass is 16.5. The van der Waals surface area contributed by atoms with Crippen molar-refractivity contribution in [2.24, 2.45) is 0 Å². The molecule has 0 amide bonds. The van der Waals surface area contributed by atoms with E-state index in [4.69, 9.17) is 14.7 Å². The lowest BCUT2D eigenvalue weighted by Crippen LogP contribution is -2.45. The Kier molecular flexibility index (Phi) is 5.53. The van der Waals surface area contributed by atoms with Gasteiger partial charge < -0.3 is 24.4 Å². The zero-order valence-electron chi connectivity index (χ0n) is 17.6. The molecule has 1 aliphatic heterocycles. The number of rotatable bonds is 6. The molecule has 0 saturated carbocycles. The normalized spacial score (nSPS) is 15.3. The van der Waals surface area contributed by atoms with Crippen molar-refractivity contribution in [1.82, 2.24) is 24.4 Å². The number of imidazole rings is 1. The number of methoxy groups -OCH3 is 1. The van der Waals surface area contributed by atoms with Gasteiger partial charge in [0.1, 0.15) is 5.75 Å². The number of anilines is 2. The van der Waals surface area contributed by atoms with E-state index >= 15 is 0 Å². The van der Waals surface area contributed by atoms with Crippen molar-refractivity contribution in [2.45, 2.75) is 26.4 Å². The summed E-state index contributed by atoms with van der Waals surface area (Å²) in [5, 5.41) is 3.48. The van der Waals surface area contributed by atoms with Gasteiger partial charge in [-0.15, -0.1) is 0 Å². The zero-order valence-corrected chi connectivity index (χ0v) is 17.6. The van der Waals surface area contributed by atoms with E-state index in [-0.39, 0.29) is 6.04 Å². The molecular weight excluding hydrogens is 366 g/mol. The first kappa shape index (κ1) is 19.4. The molecule has 1 aromatic carbocycles. The fourth-order valence-electron chi connectivity index (χ4n) is 3.48. The summed E-state index contributed by atoms with van der Waals surface area (Å²) in [6.07, 6.45) is 1.86. The van der Waals surface area contributed by atoms with E-state index in [1.807, 2.05) is 18.5 Å². The van der Waals surface area contributed by atoms with Crippen LogP contribution in [0, 0.1) is 0 Å². The van der Waals surface area contributed by atoms with Gasteiger partial charge in [0.2, 0.25) is 5.95 Å². The molecule has 29 heavy (non-hydrogen) atoms. The van der Waals surface area contributed by atoms with Gasteiger partial charge in [-0.05, 0) is 38.6 Å². The van der Waals surface area contributed by atoms with E-state index in [1.165, 1.54) is 0 Å². The van der Waals surface area contributed by atoms with Crippen molar-refractivity contribution in [1.29, 1.82) is 0 Å². The van der Waals surface area contributed by atoms with Crippen molar-refractivity contribution in [2.75, 3.05) is 50.6 Å². The predicted octanol–water partition coefficient (Wildman–Crippen LogP) is 2.78. The second-order valence-corrected chi connectivity index (χ2v) is 7.78. The minimum absolute atomic E-state index is 0.282. The lowest BCUT2D eigenvalue weighted by atomic mass is 10.2. The van der Waals surface area contributed by atoms with Gasteiger partial charge >= 0.3 is 0 Å². The monoisotopic (exact) mass is 395 g/mol. The van der Waals surface area contributed by atoms with Gasteiger partial charge in [0.05, 0.1) is 13.4 Å². The molecule has 1 fully saturated rings. The maximum absolute atomic E-state index is 5.24. The molecule has 3 aromatic rings. The summed E-state index contributed by atoms with van der Waals surface area (Å²) < 4.78 is 7.35. The molecule has 4 rings (SSSR count). The molecule has 0 unspecified atom stereocenters. The first-order valence-electron chi connectivity index (χ1n) is 10.1. The Morgan fingerprint density at radius 1 is 1.07 bits per heavy atom. The standard InChI is InChI=1S/C21H29N7O/c1-15(2)28-14-23-18-19(22-13-16-5-7-17(29-4)8-6-16)24-21(25-20(18)28)27-11-9-26(3)10-12-27/h5-8,14-15H,9-13H2,1-4H3,(H,22,24,25). The van der Waals surface area contributed by atoms with Crippen LogP contribution in [0.4, 0.5) is 11.8 Å². The van der Waals surface area contributed by atoms with E-state index in [0.717, 1.165) is 60.4 Å². The van der Waals surface area contributed by atoms with Crippen LogP contribution in [-0.2, 0) is 6.54 Å². The van der Waals surface area contributed by atoms with Gasteiger partial charge in [0.15, 0.2) is 17.0 Å². The Labute approximate surface area is 171 Å². The minimum atomic E-state index is 0.282. The summed E-state index contributed by atoms with van der Waals surface area (Å²) in [5.41, 5.74) is 2.84. The molecule has 0 atom stereocenters. The van der Waals surface area contributed by atoms with Gasteiger partial charge in [0.25, 0.3) is 0 Å². The minimum Gasteiger partial charge on any atom is -0.497 e. The topological polar surface area (TPSA) is 71.3 Å². The summed E-state index contributed by atoms with van der Waals surface area (Å²) in [6, 6.07) is 8.33. The fourth-order valence-corrected chi connectivity index (χ4v) is 3.48. The van der Waals surface area contributed by atoms with Gasteiger partial charge in [-0.3, -0.25) is 0 Å². The summed E-state index contributed by atoms with van der Waals surface area (Å²) in [7, 11) is 3.83. The van der Waals surface area contributed by atoms with Gasteiger partial charge in [-0.1, -0.05) is 12.1 Å². The smallest absolute Gasteiger partial charge is 0.229 e. The molecule has 1 saturated heterocycles. The Hall–Kier alpha value is -2.87.